The number of aromatic amines is 1. The number of halogens is 1. The number of hydrogen-bond donors (Lipinski definition) is 1. The topological polar surface area (TPSA) is 69.3 Å². The van der Waals surface area contributed by atoms with Gasteiger partial charge in [0.2, 0.25) is 5.88 Å². The Labute approximate surface area is 172 Å². The van der Waals surface area contributed by atoms with Gasteiger partial charge >= 0.3 is 0 Å². The first-order valence-corrected chi connectivity index (χ1v) is 10.2. The second-order valence-electron chi connectivity index (χ2n) is 6.30. The minimum atomic E-state index is 0.0360. The Bertz CT molecular complexity index is 826. The van der Waals surface area contributed by atoms with Gasteiger partial charge in [-0.1, -0.05) is 30.3 Å². The standard InChI is InChI=1S/C20H24IN3O3/c1-15(27-19-12-17-18(13-22-19)23-24-20(17)21)8-11-25-9-5-10-26-14-16-6-3-2-4-7-16/h2-4,6-7,12-13,15H,5,8-11,14H2,1H3,(H,23,24)/t15-/m1/s1. The molecular weight excluding hydrogens is 457 g/mol. The fourth-order valence-electron chi connectivity index (χ4n) is 2.57. The number of rotatable bonds is 11. The number of pyridine rings is 1. The number of fused-ring (bicyclic) bond motifs is 1. The van der Waals surface area contributed by atoms with Crippen LogP contribution in [-0.4, -0.2) is 41.1 Å². The summed E-state index contributed by atoms with van der Waals surface area (Å²) in [6.45, 7) is 4.73. The van der Waals surface area contributed by atoms with Crippen molar-refractivity contribution in [1.29, 1.82) is 0 Å². The van der Waals surface area contributed by atoms with Crippen LogP contribution in [0.1, 0.15) is 25.3 Å². The van der Waals surface area contributed by atoms with Crippen molar-refractivity contribution < 1.29 is 14.2 Å². The summed E-state index contributed by atoms with van der Waals surface area (Å²) in [6, 6.07) is 12.1. The third kappa shape index (κ3) is 6.44. The molecular formula is C20H24IN3O3. The number of nitrogens with one attached hydrogen (secondary N) is 1. The number of ether oxygens (including phenoxy) is 3. The third-order valence-corrected chi connectivity index (χ3v) is 4.88. The summed E-state index contributed by atoms with van der Waals surface area (Å²) in [7, 11) is 0. The second kappa shape index (κ2) is 10.6. The highest BCUT2D eigenvalue weighted by Crippen LogP contribution is 2.21. The van der Waals surface area contributed by atoms with Crippen molar-refractivity contribution in [1.82, 2.24) is 15.2 Å². The van der Waals surface area contributed by atoms with Crippen molar-refractivity contribution >= 4 is 33.5 Å². The molecule has 0 amide bonds. The molecule has 3 rings (SSSR count). The SMILES string of the molecule is C[C@H](CCOCCCOCc1ccccc1)Oc1cc2c(I)n[nH]c2cn1. The summed E-state index contributed by atoms with van der Waals surface area (Å²) < 4.78 is 18.1. The molecule has 0 saturated heterocycles. The summed E-state index contributed by atoms with van der Waals surface area (Å²) in [5.74, 6) is 0.614. The van der Waals surface area contributed by atoms with Gasteiger partial charge in [0.15, 0.2) is 0 Å². The summed E-state index contributed by atoms with van der Waals surface area (Å²) in [5, 5.41) is 8.12. The molecule has 27 heavy (non-hydrogen) atoms. The van der Waals surface area contributed by atoms with Crippen LogP contribution in [0.5, 0.6) is 5.88 Å². The molecule has 0 aliphatic heterocycles. The lowest BCUT2D eigenvalue weighted by Crippen LogP contribution is -2.16. The fraction of sp³-hybridized carbons (Fsp3) is 0.400. The molecule has 2 aromatic heterocycles. The van der Waals surface area contributed by atoms with Crippen molar-refractivity contribution in [2.24, 2.45) is 0 Å². The zero-order valence-electron chi connectivity index (χ0n) is 15.4. The van der Waals surface area contributed by atoms with Crippen molar-refractivity contribution in [2.75, 3.05) is 19.8 Å². The van der Waals surface area contributed by atoms with E-state index >= 15 is 0 Å². The van der Waals surface area contributed by atoms with Gasteiger partial charge in [-0.3, -0.25) is 5.10 Å². The molecule has 0 bridgehead atoms. The minimum Gasteiger partial charge on any atom is -0.475 e. The van der Waals surface area contributed by atoms with Gasteiger partial charge in [0.25, 0.3) is 0 Å². The third-order valence-electron chi connectivity index (χ3n) is 4.06. The van der Waals surface area contributed by atoms with Crippen LogP contribution in [0, 0.1) is 3.70 Å². The quantitative estimate of drug-likeness (QED) is 0.326. The van der Waals surface area contributed by atoms with Gasteiger partial charge in [0, 0.05) is 31.1 Å². The molecule has 0 radical (unpaired) electrons. The van der Waals surface area contributed by atoms with E-state index < -0.39 is 0 Å². The van der Waals surface area contributed by atoms with Gasteiger partial charge < -0.3 is 14.2 Å². The average molecular weight is 481 g/mol. The van der Waals surface area contributed by atoms with Crippen LogP contribution in [0.25, 0.3) is 10.9 Å². The zero-order chi connectivity index (χ0) is 18.9. The lowest BCUT2D eigenvalue weighted by molar-refractivity contribution is 0.0632. The largest absolute Gasteiger partial charge is 0.475 e. The Morgan fingerprint density at radius 2 is 1.93 bits per heavy atom. The Morgan fingerprint density at radius 3 is 2.78 bits per heavy atom. The molecule has 2 heterocycles. The predicted molar refractivity (Wildman–Crippen MR) is 113 cm³/mol. The molecule has 6 nitrogen and oxygen atoms in total. The summed E-state index contributed by atoms with van der Waals surface area (Å²) in [6.07, 6.45) is 3.49. The molecule has 0 fully saturated rings. The van der Waals surface area contributed by atoms with Gasteiger partial charge in [-0.2, -0.15) is 5.10 Å². The van der Waals surface area contributed by atoms with Crippen molar-refractivity contribution in [3.05, 3.63) is 51.9 Å². The lowest BCUT2D eigenvalue weighted by Gasteiger charge is -2.14. The van der Waals surface area contributed by atoms with Crippen LogP contribution in [0.15, 0.2) is 42.6 Å². The maximum atomic E-state index is 5.88. The van der Waals surface area contributed by atoms with Crippen molar-refractivity contribution in [2.45, 2.75) is 32.5 Å². The Kier molecular flexibility index (Phi) is 7.85. The maximum absolute atomic E-state index is 5.88. The van der Waals surface area contributed by atoms with Crippen LogP contribution >= 0.6 is 22.6 Å². The van der Waals surface area contributed by atoms with Gasteiger partial charge in [-0.05, 0) is 41.5 Å². The van der Waals surface area contributed by atoms with Crippen molar-refractivity contribution in [3.8, 4) is 5.88 Å². The lowest BCUT2D eigenvalue weighted by atomic mass is 10.2. The highest BCUT2D eigenvalue weighted by molar-refractivity contribution is 14.1. The number of aromatic nitrogens is 3. The smallest absolute Gasteiger partial charge is 0.214 e. The molecule has 7 heteroatoms. The van der Waals surface area contributed by atoms with Crippen LogP contribution in [0.4, 0.5) is 0 Å². The van der Waals surface area contributed by atoms with E-state index in [1.54, 1.807) is 6.20 Å². The number of nitrogens with zero attached hydrogens (tertiary/aromatic N) is 2. The molecule has 1 N–H and O–H groups in total. The average Bonchev–Trinajstić information content (AvgIpc) is 3.05. The maximum Gasteiger partial charge on any atom is 0.214 e. The Morgan fingerprint density at radius 1 is 1.11 bits per heavy atom. The molecule has 0 aliphatic carbocycles. The molecule has 0 aliphatic rings. The van der Waals surface area contributed by atoms with Crippen LogP contribution in [-0.2, 0) is 16.1 Å². The molecule has 1 aromatic carbocycles. The molecule has 1 atom stereocenters. The highest BCUT2D eigenvalue weighted by atomic mass is 127. The van der Waals surface area contributed by atoms with E-state index in [1.165, 1.54) is 5.56 Å². The first-order chi connectivity index (χ1) is 13.2. The van der Waals surface area contributed by atoms with Crippen LogP contribution < -0.4 is 4.74 Å². The van der Waals surface area contributed by atoms with Crippen LogP contribution in [0.2, 0.25) is 0 Å². The van der Waals surface area contributed by atoms with Gasteiger partial charge in [-0.15, -0.1) is 0 Å². The second-order valence-corrected chi connectivity index (χ2v) is 7.33. The highest BCUT2D eigenvalue weighted by Gasteiger charge is 2.09. The molecule has 0 spiro atoms. The Hall–Kier alpha value is -1.71. The molecule has 3 aromatic rings. The van der Waals surface area contributed by atoms with E-state index in [4.69, 9.17) is 14.2 Å². The summed E-state index contributed by atoms with van der Waals surface area (Å²) in [5.41, 5.74) is 2.11. The zero-order valence-corrected chi connectivity index (χ0v) is 17.5. The van der Waals surface area contributed by atoms with E-state index in [2.05, 4.69) is 49.9 Å². The first-order valence-electron chi connectivity index (χ1n) is 9.08. The van der Waals surface area contributed by atoms with Crippen LogP contribution in [0.3, 0.4) is 0 Å². The normalized spacial score (nSPS) is 12.4. The number of H-pyrrole nitrogens is 1. The van der Waals surface area contributed by atoms with Gasteiger partial charge in [0.1, 0.15) is 3.70 Å². The first kappa shape index (κ1) is 20.0. The summed E-state index contributed by atoms with van der Waals surface area (Å²) >= 11 is 2.19. The summed E-state index contributed by atoms with van der Waals surface area (Å²) in [4.78, 5) is 4.31. The van der Waals surface area contributed by atoms with E-state index in [0.717, 1.165) is 27.4 Å². The predicted octanol–water partition coefficient (Wildman–Crippen LogP) is 4.34. The van der Waals surface area contributed by atoms with E-state index in [9.17, 15) is 0 Å². The van der Waals surface area contributed by atoms with E-state index in [-0.39, 0.29) is 6.10 Å². The van der Waals surface area contributed by atoms with E-state index in [1.807, 2.05) is 31.2 Å². The molecule has 144 valence electrons. The van der Waals surface area contributed by atoms with Crippen molar-refractivity contribution in [3.63, 3.8) is 0 Å². The monoisotopic (exact) mass is 481 g/mol. The molecule has 0 saturated carbocycles. The minimum absolute atomic E-state index is 0.0360. The number of hydrogen-bond acceptors (Lipinski definition) is 5. The van der Waals surface area contributed by atoms with Gasteiger partial charge in [0.05, 0.1) is 31.0 Å². The van der Waals surface area contributed by atoms with Gasteiger partial charge in [-0.25, -0.2) is 4.98 Å². The molecule has 0 unspecified atom stereocenters. The number of benzene rings is 1. The fourth-order valence-corrected chi connectivity index (χ4v) is 3.14. The Balaban J connectivity index is 1.26. The van der Waals surface area contributed by atoms with E-state index in [0.29, 0.717) is 32.3 Å².